The molecule has 6 heteroatoms. The molecule has 1 aliphatic heterocycles. The van der Waals surface area contributed by atoms with Crippen molar-refractivity contribution < 1.29 is 13.9 Å². The fraction of sp³-hybridized carbons (Fsp3) is 0.312. The average Bonchev–Trinajstić information content (AvgIpc) is 2.88. The molecule has 0 fully saturated rings. The molecule has 0 radical (unpaired) electrons. The van der Waals surface area contributed by atoms with Crippen molar-refractivity contribution in [2.45, 2.75) is 19.5 Å². The minimum Gasteiger partial charge on any atom is -0.469 e. The fourth-order valence-corrected chi connectivity index (χ4v) is 2.89. The van der Waals surface area contributed by atoms with Gasteiger partial charge in [-0.15, -0.1) is 0 Å². The topological polar surface area (TPSA) is 55.9 Å². The Bertz CT molecular complexity index is 820. The highest BCUT2D eigenvalue weighted by Crippen LogP contribution is 2.32. The number of hydrogen-bond acceptors (Lipinski definition) is 4. The van der Waals surface area contributed by atoms with Gasteiger partial charge in [0.1, 0.15) is 17.7 Å². The molecule has 3 rings (SSSR count). The van der Waals surface area contributed by atoms with E-state index in [1.165, 1.54) is 13.2 Å². The number of nitrogens with zero attached hydrogens (tertiary/aromatic N) is 3. The van der Waals surface area contributed by atoms with Crippen LogP contribution in [0.1, 0.15) is 25.2 Å². The van der Waals surface area contributed by atoms with Gasteiger partial charge in [-0.25, -0.2) is 4.39 Å². The average molecular weight is 301 g/mol. The number of aromatic nitrogens is 1. The Morgan fingerprint density at radius 3 is 2.95 bits per heavy atom. The van der Waals surface area contributed by atoms with E-state index in [1.54, 1.807) is 19.2 Å². The fourth-order valence-electron chi connectivity index (χ4n) is 2.89. The van der Waals surface area contributed by atoms with Gasteiger partial charge in [-0.1, -0.05) is 6.07 Å². The first kappa shape index (κ1) is 14.4. The van der Waals surface area contributed by atoms with Crippen LogP contribution in [0.2, 0.25) is 0 Å². The van der Waals surface area contributed by atoms with Gasteiger partial charge in [0.25, 0.3) is 0 Å². The van der Waals surface area contributed by atoms with Crippen LogP contribution in [0.25, 0.3) is 10.9 Å². The van der Waals surface area contributed by atoms with E-state index in [4.69, 9.17) is 4.74 Å². The number of ether oxygens (including phenoxy) is 1. The molecule has 0 aliphatic carbocycles. The van der Waals surface area contributed by atoms with Crippen molar-refractivity contribution in [3.05, 3.63) is 35.8 Å². The van der Waals surface area contributed by atoms with E-state index in [0.29, 0.717) is 16.6 Å². The van der Waals surface area contributed by atoms with E-state index in [1.807, 2.05) is 17.6 Å². The molecule has 114 valence electrons. The summed E-state index contributed by atoms with van der Waals surface area (Å²) in [6, 6.07) is 6.64. The summed E-state index contributed by atoms with van der Waals surface area (Å²) in [7, 11) is 3.02. The first-order valence-electron chi connectivity index (χ1n) is 6.95. The number of rotatable bonds is 2. The van der Waals surface area contributed by atoms with Crippen LogP contribution in [0.15, 0.2) is 34.3 Å². The molecular weight excluding hydrogens is 285 g/mol. The normalized spacial score (nSPS) is 19.2. The number of methoxy groups -OCH3 is 1. The molecule has 0 spiro atoms. The number of carbonyl (C=O) groups is 1. The zero-order valence-electron chi connectivity index (χ0n) is 12.6. The molecule has 0 bridgehead atoms. The van der Waals surface area contributed by atoms with Crippen LogP contribution < -0.4 is 0 Å². The van der Waals surface area contributed by atoms with Crippen molar-refractivity contribution in [3.8, 4) is 0 Å². The van der Waals surface area contributed by atoms with Crippen LogP contribution in [-0.4, -0.2) is 36.1 Å². The third-order valence-electron chi connectivity index (χ3n) is 3.86. The smallest absolute Gasteiger partial charge is 0.309 e. The summed E-state index contributed by atoms with van der Waals surface area (Å²) in [4.78, 5) is 20.5. The lowest BCUT2D eigenvalue weighted by Gasteiger charge is -2.24. The summed E-state index contributed by atoms with van der Waals surface area (Å²) in [5.74, 6) is -0.660. The Morgan fingerprint density at radius 2 is 2.27 bits per heavy atom. The van der Waals surface area contributed by atoms with E-state index in [-0.39, 0.29) is 18.2 Å². The predicted octanol–water partition coefficient (Wildman–Crippen LogP) is 2.74. The molecule has 1 aromatic carbocycles. The minimum atomic E-state index is -0.452. The number of hydrogen-bond donors (Lipinski definition) is 0. The molecule has 5 nitrogen and oxygen atoms in total. The van der Waals surface area contributed by atoms with Crippen LogP contribution in [0, 0.1) is 5.82 Å². The number of esters is 1. The Kier molecular flexibility index (Phi) is 3.52. The number of carbonyl (C=O) groups excluding carboxylic acids is 1. The van der Waals surface area contributed by atoms with Gasteiger partial charge in [-0.05, 0) is 25.1 Å². The van der Waals surface area contributed by atoms with E-state index in [9.17, 15) is 9.18 Å². The Hall–Kier alpha value is -2.50. The maximum absolute atomic E-state index is 14.1. The third kappa shape index (κ3) is 2.11. The Morgan fingerprint density at radius 1 is 1.50 bits per heavy atom. The van der Waals surface area contributed by atoms with Crippen LogP contribution in [0.4, 0.5) is 4.39 Å². The quantitative estimate of drug-likeness (QED) is 0.801. The van der Waals surface area contributed by atoms with E-state index < -0.39 is 6.17 Å². The van der Waals surface area contributed by atoms with Crippen LogP contribution >= 0.6 is 0 Å². The second-order valence-corrected chi connectivity index (χ2v) is 5.12. The highest BCUT2D eigenvalue weighted by Gasteiger charge is 2.28. The van der Waals surface area contributed by atoms with Crippen molar-refractivity contribution >= 4 is 28.3 Å². The SMILES string of the molecule is CN=C1C(C)=NC(CC(=O)OC)n2c1cc1c(F)cccc12. The largest absolute Gasteiger partial charge is 0.469 e. The Labute approximate surface area is 127 Å². The molecule has 0 amide bonds. The van der Waals surface area contributed by atoms with E-state index in [0.717, 1.165) is 11.4 Å². The summed E-state index contributed by atoms with van der Waals surface area (Å²) >= 11 is 0. The molecule has 1 atom stereocenters. The number of fused-ring (bicyclic) bond motifs is 3. The molecule has 1 aromatic heterocycles. The summed E-state index contributed by atoms with van der Waals surface area (Å²) in [6.07, 6.45) is -0.356. The molecule has 22 heavy (non-hydrogen) atoms. The van der Waals surface area contributed by atoms with Crippen LogP contribution in [-0.2, 0) is 9.53 Å². The molecule has 2 heterocycles. The summed E-state index contributed by atoms with van der Waals surface area (Å²) in [5.41, 5.74) is 2.90. The van der Waals surface area contributed by atoms with Gasteiger partial charge in [0.05, 0.1) is 30.5 Å². The molecule has 0 saturated heterocycles. The number of benzene rings is 1. The summed E-state index contributed by atoms with van der Waals surface area (Å²) < 4.78 is 20.7. The van der Waals surface area contributed by atoms with Gasteiger partial charge in [0.2, 0.25) is 0 Å². The molecule has 0 N–H and O–H groups in total. The molecule has 0 saturated carbocycles. The Balaban J connectivity index is 2.26. The van der Waals surface area contributed by atoms with Gasteiger partial charge in [0, 0.05) is 12.4 Å². The van der Waals surface area contributed by atoms with Gasteiger partial charge >= 0.3 is 5.97 Å². The first-order valence-corrected chi connectivity index (χ1v) is 6.95. The van der Waals surface area contributed by atoms with Crippen molar-refractivity contribution in [1.82, 2.24) is 4.57 Å². The first-order chi connectivity index (χ1) is 10.6. The lowest BCUT2D eigenvalue weighted by atomic mass is 10.1. The lowest BCUT2D eigenvalue weighted by Crippen LogP contribution is -2.27. The van der Waals surface area contributed by atoms with Crippen LogP contribution in [0.5, 0.6) is 0 Å². The van der Waals surface area contributed by atoms with Gasteiger partial charge in [-0.3, -0.25) is 14.8 Å². The van der Waals surface area contributed by atoms with E-state index >= 15 is 0 Å². The summed E-state index contributed by atoms with van der Waals surface area (Å²) in [6.45, 7) is 1.84. The maximum Gasteiger partial charge on any atom is 0.309 e. The van der Waals surface area contributed by atoms with E-state index in [2.05, 4.69) is 9.98 Å². The number of aliphatic imine (C=N–C) groups is 2. The standard InChI is InChI=1S/C16H16FN3O2/c1-9-16(18-2)13-7-10-11(17)5-4-6-12(10)20(13)14(19-9)8-15(21)22-3/h4-7,14H,8H2,1-3H3. The second-order valence-electron chi connectivity index (χ2n) is 5.12. The van der Waals surface area contributed by atoms with Gasteiger partial charge < -0.3 is 9.30 Å². The molecule has 1 unspecified atom stereocenters. The second kappa shape index (κ2) is 5.36. The van der Waals surface area contributed by atoms with Gasteiger partial charge in [-0.2, -0.15) is 0 Å². The molecule has 1 aliphatic rings. The van der Waals surface area contributed by atoms with Crippen molar-refractivity contribution in [1.29, 1.82) is 0 Å². The minimum absolute atomic E-state index is 0.0954. The third-order valence-corrected chi connectivity index (χ3v) is 3.86. The maximum atomic E-state index is 14.1. The zero-order valence-corrected chi connectivity index (χ0v) is 12.6. The number of halogens is 1. The monoisotopic (exact) mass is 301 g/mol. The van der Waals surface area contributed by atoms with Crippen LogP contribution in [0.3, 0.4) is 0 Å². The molecular formula is C16H16FN3O2. The highest BCUT2D eigenvalue weighted by atomic mass is 19.1. The zero-order chi connectivity index (χ0) is 15.9. The van der Waals surface area contributed by atoms with Crippen molar-refractivity contribution in [2.24, 2.45) is 9.98 Å². The predicted molar refractivity (Wildman–Crippen MR) is 83.1 cm³/mol. The highest BCUT2D eigenvalue weighted by molar-refractivity contribution is 6.48. The summed E-state index contributed by atoms with van der Waals surface area (Å²) in [5, 5.41) is 0.499. The van der Waals surface area contributed by atoms with Crippen molar-refractivity contribution in [2.75, 3.05) is 14.2 Å². The molecule has 2 aromatic rings. The van der Waals surface area contributed by atoms with Crippen molar-refractivity contribution in [3.63, 3.8) is 0 Å². The lowest BCUT2D eigenvalue weighted by molar-refractivity contribution is -0.141. The van der Waals surface area contributed by atoms with Gasteiger partial charge in [0.15, 0.2) is 0 Å².